The second-order valence-electron chi connectivity index (χ2n) is 4.68. The van der Waals surface area contributed by atoms with E-state index in [-0.39, 0.29) is 5.92 Å². The summed E-state index contributed by atoms with van der Waals surface area (Å²) in [6.45, 7) is 2.23. The fraction of sp³-hybridized carbons (Fsp3) is 0.833. The van der Waals surface area contributed by atoms with Crippen molar-refractivity contribution in [2.75, 3.05) is 18.8 Å². The van der Waals surface area contributed by atoms with Gasteiger partial charge in [-0.3, -0.25) is 4.79 Å². The number of thioether (sulfide) groups is 1. The van der Waals surface area contributed by atoms with Crippen molar-refractivity contribution in [2.24, 2.45) is 5.92 Å². The van der Waals surface area contributed by atoms with Gasteiger partial charge in [-0.25, -0.2) is 0 Å². The Balaban J connectivity index is 1.73. The minimum atomic E-state index is 0.277. The molecule has 2 aliphatic rings. The Bertz CT molecular complexity index is 274. The zero-order valence-corrected chi connectivity index (χ0v) is 11.2. The maximum absolute atomic E-state index is 11.7. The maximum atomic E-state index is 11.7. The highest BCUT2D eigenvalue weighted by molar-refractivity contribution is 8.22. The number of thiocarbonyl (C=S) groups is 1. The molecule has 1 saturated heterocycles. The van der Waals surface area contributed by atoms with Crippen molar-refractivity contribution in [3.05, 3.63) is 0 Å². The van der Waals surface area contributed by atoms with Crippen molar-refractivity contribution < 1.29 is 4.79 Å². The van der Waals surface area contributed by atoms with Crippen LogP contribution in [0.25, 0.3) is 0 Å². The van der Waals surface area contributed by atoms with Crippen LogP contribution in [0.1, 0.15) is 38.5 Å². The fourth-order valence-corrected chi connectivity index (χ4v) is 3.84. The van der Waals surface area contributed by atoms with E-state index in [0.717, 1.165) is 42.4 Å². The molecule has 1 atom stereocenters. The summed E-state index contributed by atoms with van der Waals surface area (Å²) in [7, 11) is 0. The van der Waals surface area contributed by atoms with E-state index >= 15 is 0 Å². The van der Waals surface area contributed by atoms with Gasteiger partial charge in [-0.2, -0.15) is 0 Å². The summed E-state index contributed by atoms with van der Waals surface area (Å²) in [6.07, 6.45) is 6.71. The molecule has 0 amide bonds. The zero-order chi connectivity index (χ0) is 11.4. The molecule has 1 heterocycles. The Labute approximate surface area is 107 Å². The molecule has 16 heavy (non-hydrogen) atoms. The summed E-state index contributed by atoms with van der Waals surface area (Å²) >= 11 is 7.12. The number of hydrogen-bond donors (Lipinski definition) is 0. The average molecular weight is 257 g/mol. The zero-order valence-electron chi connectivity index (χ0n) is 9.61. The molecule has 1 unspecified atom stereocenters. The van der Waals surface area contributed by atoms with Crippen molar-refractivity contribution >= 4 is 34.1 Å². The van der Waals surface area contributed by atoms with Gasteiger partial charge in [0.15, 0.2) is 0 Å². The van der Waals surface area contributed by atoms with Gasteiger partial charge >= 0.3 is 0 Å². The first-order valence-corrected chi connectivity index (χ1v) is 7.61. The second-order valence-corrected chi connectivity index (χ2v) is 6.33. The third-order valence-electron chi connectivity index (χ3n) is 3.45. The van der Waals surface area contributed by atoms with Crippen LogP contribution >= 0.6 is 24.0 Å². The standard InChI is InChI=1S/C12H19NOS2/c14-11-6-2-1-5-10(11)9-16-12(15)13-7-3-4-8-13/h10H,1-9H2. The van der Waals surface area contributed by atoms with E-state index in [4.69, 9.17) is 12.2 Å². The number of hydrogen-bond acceptors (Lipinski definition) is 3. The van der Waals surface area contributed by atoms with Crippen molar-refractivity contribution in [1.29, 1.82) is 0 Å². The molecule has 2 rings (SSSR count). The number of Topliss-reactive ketones (excluding diaryl/α,β-unsaturated/α-hetero) is 1. The van der Waals surface area contributed by atoms with Gasteiger partial charge in [0.05, 0.1) is 0 Å². The molecule has 1 aliphatic carbocycles. The molecule has 0 aromatic carbocycles. The van der Waals surface area contributed by atoms with E-state index in [1.54, 1.807) is 11.8 Å². The Morgan fingerprint density at radius 2 is 2.06 bits per heavy atom. The fourth-order valence-electron chi connectivity index (χ4n) is 2.39. The molecule has 0 radical (unpaired) electrons. The molecule has 1 aliphatic heterocycles. The van der Waals surface area contributed by atoms with Crippen LogP contribution in [0.2, 0.25) is 0 Å². The first-order chi connectivity index (χ1) is 7.77. The highest BCUT2D eigenvalue weighted by Gasteiger charge is 2.23. The third kappa shape index (κ3) is 3.20. The highest BCUT2D eigenvalue weighted by Crippen LogP contribution is 2.26. The molecule has 0 aromatic heterocycles. The Hall–Kier alpha value is -0.0900. The van der Waals surface area contributed by atoms with Crippen LogP contribution in [0.15, 0.2) is 0 Å². The first kappa shape index (κ1) is 12.4. The monoisotopic (exact) mass is 257 g/mol. The van der Waals surface area contributed by atoms with Crippen LogP contribution in [0.3, 0.4) is 0 Å². The number of carbonyl (C=O) groups excluding carboxylic acids is 1. The first-order valence-electron chi connectivity index (χ1n) is 6.22. The molecule has 4 heteroatoms. The largest absolute Gasteiger partial charge is 0.358 e. The lowest BCUT2D eigenvalue weighted by molar-refractivity contribution is -0.123. The summed E-state index contributed by atoms with van der Waals surface area (Å²) in [4.78, 5) is 13.9. The molecular weight excluding hydrogens is 238 g/mol. The average Bonchev–Trinajstić information content (AvgIpc) is 2.81. The minimum absolute atomic E-state index is 0.277. The molecular formula is C12H19NOS2. The smallest absolute Gasteiger partial charge is 0.136 e. The van der Waals surface area contributed by atoms with Gasteiger partial charge in [0.2, 0.25) is 0 Å². The normalized spacial score (nSPS) is 26.1. The minimum Gasteiger partial charge on any atom is -0.358 e. The van der Waals surface area contributed by atoms with E-state index in [9.17, 15) is 4.79 Å². The van der Waals surface area contributed by atoms with Crippen molar-refractivity contribution in [1.82, 2.24) is 4.90 Å². The lowest BCUT2D eigenvalue weighted by Gasteiger charge is -2.22. The Morgan fingerprint density at radius 1 is 1.31 bits per heavy atom. The highest BCUT2D eigenvalue weighted by atomic mass is 32.2. The van der Waals surface area contributed by atoms with Crippen LogP contribution in [0.4, 0.5) is 0 Å². The van der Waals surface area contributed by atoms with Crippen molar-refractivity contribution in [2.45, 2.75) is 38.5 Å². The molecule has 1 saturated carbocycles. The lowest BCUT2D eigenvalue weighted by atomic mass is 9.89. The van der Waals surface area contributed by atoms with E-state index in [1.165, 1.54) is 19.3 Å². The molecule has 2 nitrogen and oxygen atoms in total. The van der Waals surface area contributed by atoms with Crippen LogP contribution in [-0.2, 0) is 4.79 Å². The summed E-state index contributed by atoms with van der Waals surface area (Å²) in [5.74, 6) is 1.65. The van der Waals surface area contributed by atoms with Gasteiger partial charge in [-0.1, -0.05) is 30.4 Å². The number of nitrogens with zero attached hydrogens (tertiary/aromatic N) is 1. The van der Waals surface area contributed by atoms with Gasteiger partial charge < -0.3 is 4.90 Å². The summed E-state index contributed by atoms with van der Waals surface area (Å²) in [6, 6.07) is 0. The second kappa shape index (κ2) is 6.01. The van der Waals surface area contributed by atoms with Gasteiger partial charge in [0, 0.05) is 31.2 Å². The number of likely N-dealkylation sites (tertiary alicyclic amines) is 1. The number of carbonyl (C=O) groups is 1. The van der Waals surface area contributed by atoms with E-state index in [0.29, 0.717) is 5.78 Å². The maximum Gasteiger partial charge on any atom is 0.136 e. The summed E-state index contributed by atoms with van der Waals surface area (Å²) in [5, 5.41) is 0. The van der Waals surface area contributed by atoms with Crippen LogP contribution < -0.4 is 0 Å². The van der Waals surface area contributed by atoms with E-state index < -0.39 is 0 Å². The molecule has 2 fully saturated rings. The van der Waals surface area contributed by atoms with Crippen molar-refractivity contribution in [3.63, 3.8) is 0 Å². The number of rotatable bonds is 2. The predicted octanol–water partition coefficient (Wildman–Crippen LogP) is 2.86. The van der Waals surface area contributed by atoms with Crippen LogP contribution in [0, 0.1) is 5.92 Å². The quantitative estimate of drug-likeness (QED) is 0.709. The Kier molecular flexibility index (Phi) is 4.65. The predicted molar refractivity (Wildman–Crippen MR) is 72.8 cm³/mol. The lowest BCUT2D eigenvalue weighted by Crippen LogP contribution is -2.26. The van der Waals surface area contributed by atoms with E-state index in [2.05, 4.69) is 4.90 Å². The van der Waals surface area contributed by atoms with E-state index in [1.807, 2.05) is 0 Å². The van der Waals surface area contributed by atoms with Gasteiger partial charge in [0.1, 0.15) is 10.1 Å². The van der Waals surface area contributed by atoms with Gasteiger partial charge in [-0.05, 0) is 25.7 Å². The topological polar surface area (TPSA) is 20.3 Å². The molecule has 0 spiro atoms. The van der Waals surface area contributed by atoms with Gasteiger partial charge in [-0.15, -0.1) is 0 Å². The summed E-state index contributed by atoms with van der Waals surface area (Å²) in [5.41, 5.74) is 0. The van der Waals surface area contributed by atoms with Gasteiger partial charge in [0.25, 0.3) is 0 Å². The Morgan fingerprint density at radius 3 is 2.75 bits per heavy atom. The molecule has 90 valence electrons. The van der Waals surface area contributed by atoms with Crippen molar-refractivity contribution in [3.8, 4) is 0 Å². The van der Waals surface area contributed by atoms with Crippen LogP contribution in [0.5, 0.6) is 0 Å². The molecule has 0 bridgehead atoms. The van der Waals surface area contributed by atoms with Crippen LogP contribution in [-0.4, -0.2) is 33.8 Å². The molecule has 0 aromatic rings. The molecule has 0 N–H and O–H groups in total. The SMILES string of the molecule is O=C1CCCCC1CSC(=S)N1CCCC1. The third-order valence-corrected chi connectivity index (χ3v) is 5.14. The summed E-state index contributed by atoms with van der Waals surface area (Å²) < 4.78 is 1.01. The number of ketones is 1.